The summed E-state index contributed by atoms with van der Waals surface area (Å²) in [6.45, 7) is 1.92. The average molecular weight is 454 g/mol. The van der Waals surface area contributed by atoms with Gasteiger partial charge >= 0.3 is 6.03 Å². The number of rotatable bonds is 5. The molecule has 0 aliphatic carbocycles. The van der Waals surface area contributed by atoms with Crippen molar-refractivity contribution in [2.75, 3.05) is 7.11 Å². The molecule has 2 heterocycles. The molecule has 3 aromatic carbocycles. The second-order valence-corrected chi connectivity index (χ2v) is 8.68. The van der Waals surface area contributed by atoms with Crippen molar-refractivity contribution < 1.29 is 9.53 Å². The van der Waals surface area contributed by atoms with E-state index in [-0.39, 0.29) is 12.1 Å². The summed E-state index contributed by atoms with van der Waals surface area (Å²) in [5.74, 6) is 0.811. The Balaban J connectivity index is 1.48. The van der Waals surface area contributed by atoms with Crippen LogP contribution in [0.1, 0.15) is 23.5 Å². The quantitative estimate of drug-likeness (QED) is 0.374. The summed E-state index contributed by atoms with van der Waals surface area (Å²) < 4.78 is 5.26. The van der Waals surface area contributed by atoms with Crippen molar-refractivity contribution in [2.24, 2.45) is 0 Å². The van der Waals surface area contributed by atoms with E-state index in [4.69, 9.17) is 9.72 Å². The van der Waals surface area contributed by atoms with E-state index < -0.39 is 0 Å². The van der Waals surface area contributed by atoms with Gasteiger partial charge in [0, 0.05) is 22.2 Å². The lowest BCUT2D eigenvalue weighted by atomic mass is 9.94. The van der Waals surface area contributed by atoms with Crippen LogP contribution in [0.2, 0.25) is 0 Å². The summed E-state index contributed by atoms with van der Waals surface area (Å²) in [6, 6.07) is 26.0. The van der Waals surface area contributed by atoms with E-state index in [0.29, 0.717) is 0 Å². The highest BCUT2D eigenvalue weighted by Crippen LogP contribution is 2.38. The first kappa shape index (κ1) is 21.0. The minimum Gasteiger partial charge on any atom is -0.497 e. The number of carbonyl (C=O) groups excluding carboxylic acids is 1. The van der Waals surface area contributed by atoms with Gasteiger partial charge in [-0.3, -0.25) is 0 Å². The second-order valence-electron chi connectivity index (χ2n) is 7.82. The third-order valence-corrected chi connectivity index (χ3v) is 6.62. The van der Waals surface area contributed by atoms with Gasteiger partial charge < -0.3 is 15.4 Å². The van der Waals surface area contributed by atoms with Crippen LogP contribution in [-0.4, -0.2) is 18.1 Å². The molecular weight excluding hydrogens is 430 g/mol. The predicted molar refractivity (Wildman–Crippen MR) is 133 cm³/mol. The van der Waals surface area contributed by atoms with Gasteiger partial charge in [0.05, 0.1) is 18.8 Å². The molecule has 1 aliphatic rings. The molecule has 6 heteroatoms. The van der Waals surface area contributed by atoms with Crippen molar-refractivity contribution in [1.29, 1.82) is 0 Å². The number of ether oxygens (including phenoxy) is 1. The molecule has 0 saturated carbocycles. The molecule has 5 nitrogen and oxygen atoms in total. The van der Waals surface area contributed by atoms with Gasteiger partial charge in [0.2, 0.25) is 0 Å². The molecule has 33 heavy (non-hydrogen) atoms. The van der Waals surface area contributed by atoms with Crippen molar-refractivity contribution in [3.8, 4) is 28.1 Å². The highest BCUT2D eigenvalue weighted by atomic mass is 32.1. The number of carbonyl (C=O) groups is 1. The summed E-state index contributed by atoms with van der Waals surface area (Å²) in [6.07, 6.45) is 0. The van der Waals surface area contributed by atoms with Crippen LogP contribution in [-0.2, 0) is 0 Å². The molecule has 1 aromatic heterocycles. The lowest BCUT2D eigenvalue weighted by molar-refractivity contribution is 0.240. The average Bonchev–Trinajstić information content (AvgIpc) is 3.34. The van der Waals surface area contributed by atoms with Gasteiger partial charge in [-0.1, -0.05) is 54.6 Å². The van der Waals surface area contributed by atoms with Gasteiger partial charge in [0.1, 0.15) is 10.8 Å². The second kappa shape index (κ2) is 8.92. The molecule has 2 N–H and O–H groups in total. The van der Waals surface area contributed by atoms with E-state index >= 15 is 0 Å². The van der Waals surface area contributed by atoms with Crippen molar-refractivity contribution in [3.63, 3.8) is 0 Å². The molecule has 0 radical (unpaired) electrons. The Kier molecular flexibility index (Phi) is 5.67. The fourth-order valence-electron chi connectivity index (χ4n) is 4.02. The first-order chi connectivity index (χ1) is 16.1. The van der Waals surface area contributed by atoms with Gasteiger partial charge in [0.25, 0.3) is 0 Å². The first-order valence-corrected chi connectivity index (χ1v) is 11.5. The molecular formula is C27H23N3O2S. The monoisotopic (exact) mass is 453 g/mol. The minimum absolute atomic E-state index is 0.208. The Bertz CT molecular complexity index is 1310. The Morgan fingerprint density at radius 3 is 2.24 bits per heavy atom. The number of hydrogen-bond donors (Lipinski definition) is 2. The Labute approximate surface area is 196 Å². The van der Waals surface area contributed by atoms with Gasteiger partial charge in [-0.25, -0.2) is 9.78 Å². The van der Waals surface area contributed by atoms with Crippen LogP contribution in [0.4, 0.5) is 4.79 Å². The summed E-state index contributed by atoms with van der Waals surface area (Å²) in [7, 11) is 1.65. The fourth-order valence-corrected chi connectivity index (χ4v) is 4.98. The van der Waals surface area contributed by atoms with Crippen LogP contribution in [0, 0.1) is 0 Å². The van der Waals surface area contributed by atoms with Gasteiger partial charge in [-0.05, 0) is 47.9 Å². The van der Waals surface area contributed by atoms with Crippen LogP contribution < -0.4 is 15.4 Å². The van der Waals surface area contributed by atoms with Crippen LogP contribution in [0.3, 0.4) is 0 Å². The fraction of sp³-hybridized carbons (Fsp3) is 0.111. The summed E-state index contributed by atoms with van der Waals surface area (Å²) in [4.78, 5) is 17.2. The molecule has 1 unspecified atom stereocenters. The normalized spacial score (nSPS) is 15.7. The van der Waals surface area contributed by atoms with E-state index in [2.05, 4.69) is 47.0 Å². The molecule has 4 aromatic rings. The summed E-state index contributed by atoms with van der Waals surface area (Å²) >= 11 is 1.57. The molecule has 0 fully saturated rings. The maximum Gasteiger partial charge on any atom is 0.319 e. The largest absolute Gasteiger partial charge is 0.497 e. The highest BCUT2D eigenvalue weighted by molar-refractivity contribution is 7.11. The number of thiazole rings is 1. The molecule has 0 saturated heterocycles. The highest BCUT2D eigenvalue weighted by Gasteiger charge is 2.29. The van der Waals surface area contributed by atoms with E-state index in [0.717, 1.165) is 50.0 Å². The summed E-state index contributed by atoms with van der Waals surface area (Å²) in [5, 5.41) is 8.91. The number of nitrogens with zero attached hydrogens (tertiary/aromatic N) is 1. The van der Waals surface area contributed by atoms with E-state index in [1.807, 2.05) is 54.8 Å². The molecule has 2 amide bonds. The minimum atomic E-state index is -0.279. The number of amides is 2. The number of methoxy groups -OCH3 is 1. The number of urea groups is 1. The molecule has 5 rings (SSSR count). The van der Waals surface area contributed by atoms with Gasteiger partial charge in [-0.15, -0.1) is 11.3 Å². The Morgan fingerprint density at radius 2 is 1.55 bits per heavy atom. The zero-order chi connectivity index (χ0) is 22.8. The van der Waals surface area contributed by atoms with Crippen LogP contribution in [0.15, 0.2) is 89.9 Å². The molecule has 164 valence electrons. The predicted octanol–water partition coefficient (Wildman–Crippen LogP) is 6.27. The molecule has 1 atom stereocenters. The van der Waals surface area contributed by atoms with Gasteiger partial charge in [0.15, 0.2) is 0 Å². The smallest absolute Gasteiger partial charge is 0.319 e. The van der Waals surface area contributed by atoms with Gasteiger partial charge in [-0.2, -0.15) is 0 Å². The van der Waals surface area contributed by atoms with Crippen molar-refractivity contribution in [3.05, 3.63) is 101 Å². The van der Waals surface area contributed by atoms with Crippen molar-refractivity contribution in [1.82, 2.24) is 15.6 Å². The lowest BCUT2D eigenvalue weighted by Gasteiger charge is -2.28. The Morgan fingerprint density at radius 1 is 0.879 bits per heavy atom. The number of hydrogen-bond acceptors (Lipinski definition) is 4. The maximum atomic E-state index is 12.3. The molecule has 1 aliphatic heterocycles. The maximum absolute atomic E-state index is 12.3. The zero-order valence-corrected chi connectivity index (χ0v) is 19.1. The first-order valence-electron chi connectivity index (χ1n) is 10.7. The van der Waals surface area contributed by atoms with Crippen LogP contribution in [0.5, 0.6) is 5.75 Å². The lowest BCUT2D eigenvalue weighted by Crippen LogP contribution is -2.42. The molecule has 0 spiro atoms. The third-order valence-electron chi connectivity index (χ3n) is 5.74. The topological polar surface area (TPSA) is 63.2 Å². The number of nitrogens with one attached hydrogen (secondary N) is 2. The standard InChI is InChI=1S/C27H23N3O2S/c1-17-24(26-29-23(16-33-26)20-12-14-22(32-2)15-13-20)25(30-27(31)28-17)21-10-8-19(9-11-21)18-6-4-3-5-7-18/h3-16,25H,1-2H3,(H2,28,30,31). The third kappa shape index (κ3) is 4.25. The van der Waals surface area contributed by atoms with Crippen molar-refractivity contribution >= 4 is 22.9 Å². The number of benzene rings is 3. The van der Waals surface area contributed by atoms with E-state index in [9.17, 15) is 4.79 Å². The molecule has 0 bridgehead atoms. The number of allylic oxidation sites excluding steroid dienone is 1. The van der Waals surface area contributed by atoms with Crippen LogP contribution >= 0.6 is 11.3 Å². The summed E-state index contributed by atoms with van der Waals surface area (Å²) in [5.41, 5.74) is 7.02. The van der Waals surface area contributed by atoms with E-state index in [1.165, 1.54) is 0 Å². The van der Waals surface area contributed by atoms with Crippen molar-refractivity contribution in [2.45, 2.75) is 13.0 Å². The zero-order valence-electron chi connectivity index (χ0n) is 18.3. The van der Waals surface area contributed by atoms with Crippen LogP contribution in [0.25, 0.3) is 28.0 Å². The SMILES string of the molecule is COc1ccc(-c2csc(C3=C(C)NC(=O)NC3c3ccc(-c4ccccc4)cc3)n2)cc1. The number of aromatic nitrogens is 1. The Hall–Kier alpha value is -3.90. The van der Waals surface area contributed by atoms with E-state index in [1.54, 1.807) is 18.4 Å².